The van der Waals surface area contributed by atoms with Gasteiger partial charge in [0.1, 0.15) is 18.3 Å². The number of rotatable bonds is 4. The number of aliphatic hydroxyl groups excluding tert-OH is 1. The van der Waals surface area contributed by atoms with Gasteiger partial charge in [0.2, 0.25) is 0 Å². The molecule has 0 saturated carbocycles. The van der Waals surface area contributed by atoms with Gasteiger partial charge >= 0.3 is 5.97 Å². The predicted octanol–water partition coefficient (Wildman–Crippen LogP) is 0.233. The third-order valence-corrected chi connectivity index (χ3v) is 4.08. The van der Waals surface area contributed by atoms with Gasteiger partial charge < -0.3 is 28.8 Å². The molecule has 0 spiro atoms. The fourth-order valence-electron chi connectivity index (χ4n) is 2.83. The number of cyclic esters (lactones) is 1. The van der Waals surface area contributed by atoms with E-state index in [-0.39, 0.29) is 24.6 Å². The Kier molecular flexibility index (Phi) is 5.56. The first-order valence-electron chi connectivity index (χ1n) is 7.20. The number of carbonyl (C=O) groups is 1. The van der Waals surface area contributed by atoms with E-state index in [0.29, 0.717) is 6.42 Å². The summed E-state index contributed by atoms with van der Waals surface area (Å²) in [4.78, 5) is 11.4. The van der Waals surface area contributed by atoms with Crippen molar-refractivity contribution in [3.05, 3.63) is 0 Å². The number of esters is 1. The number of ether oxygens (including phenoxy) is 5. The lowest BCUT2D eigenvalue weighted by atomic mass is 10.0. The maximum Gasteiger partial charge on any atom is 0.308 e. The van der Waals surface area contributed by atoms with Gasteiger partial charge in [-0.15, -0.1) is 0 Å². The van der Waals surface area contributed by atoms with E-state index < -0.39 is 30.7 Å². The standard InChI is InChI=1S/C14H24O7/c1-7-13(16)9(17-3)6-12(20-7)21-14-8(2)19-11(15)5-10(14)18-4/h7-10,12-14,16H,5-6H2,1-4H3/t7-,8-,9+,10-,12+,13-,14-/m1/s1. The Labute approximate surface area is 124 Å². The van der Waals surface area contributed by atoms with Gasteiger partial charge in [-0.2, -0.15) is 0 Å². The second kappa shape index (κ2) is 7.02. The van der Waals surface area contributed by atoms with Crippen LogP contribution >= 0.6 is 0 Å². The van der Waals surface area contributed by atoms with Crippen LogP contribution in [-0.2, 0) is 28.5 Å². The minimum absolute atomic E-state index is 0.157. The number of hydrogen-bond donors (Lipinski definition) is 1. The molecule has 2 heterocycles. The van der Waals surface area contributed by atoms with Crippen molar-refractivity contribution in [3.63, 3.8) is 0 Å². The Balaban J connectivity index is 2.00. The van der Waals surface area contributed by atoms with Crippen molar-refractivity contribution in [3.8, 4) is 0 Å². The van der Waals surface area contributed by atoms with Gasteiger partial charge in [-0.25, -0.2) is 0 Å². The van der Waals surface area contributed by atoms with E-state index >= 15 is 0 Å². The zero-order valence-corrected chi connectivity index (χ0v) is 12.9. The lowest BCUT2D eigenvalue weighted by Crippen LogP contribution is -2.53. The molecule has 7 atom stereocenters. The second-order valence-corrected chi connectivity index (χ2v) is 5.55. The smallest absolute Gasteiger partial charge is 0.308 e. The summed E-state index contributed by atoms with van der Waals surface area (Å²) in [6.45, 7) is 3.53. The summed E-state index contributed by atoms with van der Waals surface area (Å²) in [6.07, 6.45) is -2.57. The molecule has 0 radical (unpaired) electrons. The molecular weight excluding hydrogens is 280 g/mol. The van der Waals surface area contributed by atoms with Gasteiger partial charge in [-0.05, 0) is 13.8 Å². The molecule has 2 aliphatic heterocycles. The normalized spacial score (nSPS) is 44.4. The molecule has 2 saturated heterocycles. The van der Waals surface area contributed by atoms with E-state index in [9.17, 15) is 9.90 Å². The molecule has 0 aliphatic carbocycles. The average Bonchev–Trinajstić information content (AvgIpc) is 2.45. The quantitative estimate of drug-likeness (QED) is 0.744. The van der Waals surface area contributed by atoms with Crippen LogP contribution in [0.25, 0.3) is 0 Å². The molecule has 2 aliphatic rings. The minimum Gasteiger partial charge on any atom is -0.460 e. The molecule has 0 aromatic heterocycles. The average molecular weight is 304 g/mol. The third-order valence-electron chi connectivity index (χ3n) is 4.08. The number of hydrogen-bond acceptors (Lipinski definition) is 7. The first kappa shape index (κ1) is 16.6. The molecule has 0 aromatic rings. The molecule has 7 heteroatoms. The summed E-state index contributed by atoms with van der Waals surface area (Å²) in [5, 5.41) is 9.95. The number of carbonyl (C=O) groups excluding carboxylic acids is 1. The Bertz CT molecular complexity index is 361. The van der Waals surface area contributed by atoms with Gasteiger partial charge in [0.25, 0.3) is 0 Å². The lowest BCUT2D eigenvalue weighted by molar-refractivity contribution is -0.287. The topological polar surface area (TPSA) is 83.5 Å². The van der Waals surface area contributed by atoms with E-state index in [1.165, 1.54) is 0 Å². The molecule has 0 bridgehead atoms. The van der Waals surface area contributed by atoms with Crippen LogP contribution in [0.15, 0.2) is 0 Å². The molecule has 2 fully saturated rings. The van der Waals surface area contributed by atoms with E-state index in [1.807, 2.05) is 0 Å². The Hall–Kier alpha value is -0.730. The fourth-order valence-corrected chi connectivity index (χ4v) is 2.83. The van der Waals surface area contributed by atoms with Crippen LogP contribution in [0.1, 0.15) is 26.7 Å². The van der Waals surface area contributed by atoms with Crippen LogP contribution < -0.4 is 0 Å². The lowest BCUT2D eigenvalue weighted by Gasteiger charge is -2.41. The van der Waals surface area contributed by atoms with Crippen molar-refractivity contribution >= 4 is 5.97 Å². The van der Waals surface area contributed by atoms with Gasteiger partial charge in [0, 0.05) is 20.6 Å². The van der Waals surface area contributed by atoms with Crippen molar-refractivity contribution < 1.29 is 33.6 Å². The molecule has 122 valence electrons. The van der Waals surface area contributed by atoms with Crippen LogP contribution in [0.2, 0.25) is 0 Å². The molecular formula is C14H24O7. The van der Waals surface area contributed by atoms with E-state index in [0.717, 1.165) is 0 Å². The van der Waals surface area contributed by atoms with Crippen LogP contribution in [0.5, 0.6) is 0 Å². The van der Waals surface area contributed by atoms with Crippen LogP contribution in [0, 0.1) is 0 Å². The highest BCUT2D eigenvalue weighted by molar-refractivity contribution is 5.71. The van der Waals surface area contributed by atoms with Crippen molar-refractivity contribution in [2.45, 2.75) is 69.6 Å². The van der Waals surface area contributed by atoms with E-state index in [4.69, 9.17) is 23.7 Å². The maximum absolute atomic E-state index is 11.4. The summed E-state index contributed by atoms with van der Waals surface area (Å²) in [5.41, 5.74) is 0. The highest BCUT2D eigenvalue weighted by Crippen LogP contribution is 2.28. The van der Waals surface area contributed by atoms with Gasteiger partial charge in [0.15, 0.2) is 6.29 Å². The molecule has 1 N–H and O–H groups in total. The minimum atomic E-state index is -0.685. The summed E-state index contributed by atoms with van der Waals surface area (Å²) in [7, 11) is 3.09. The van der Waals surface area contributed by atoms with Crippen molar-refractivity contribution in [2.75, 3.05) is 14.2 Å². The largest absolute Gasteiger partial charge is 0.460 e. The van der Waals surface area contributed by atoms with Gasteiger partial charge in [-0.3, -0.25) is 4.79 Å². The highest BCUT2D eigenvalue weighted by atomic mass is 16.7. The molecule has 0 aromatic carbocycles. The van der Waals surface area contributed by atoms with Crippen molar-refractivity contribution in [1.29, 1.82) is 0 Å². The summed E-state index contributed by atoms with van der Waals surface area (Å²) >= 11 is 0. The summed E-state index contributed by atoms with van der Waals surface area (Å²) in [6, 6.07) is 0. The molecule has 0 amide bonds. The molecule has 7 nitrogen and oxygen atoms in total. The Morgan fingerprint density at radius 2 is 1.81 bits per heavy atom. The van der Waals surface area contributed by atoms with Crippen LogP contribution in [0.4, 0.5) is 0 Å². The highest BCUT2D eigenvalue weighted by Gasteiger charge is 2.42. The molecule has 2 rings (SSSR count). The predicted molar refractivity (Wildman–Crippen MR) is 71.6 cm³/mol. The zero-order valence-electron chi connectivity index (χ0n) is 12.9. The molecule has 0 unspecified atom stereocenters. The maximum atomic E-state index is 11.4. The van der Waals surface area contributed by atoms with Crippen LogP contribution in [-0.4, -0.2) is 68.2 Å². The van der Waals surface area contributed by atoms with Crippen molar-refractivity contribution in [1.82, 2.24) is 0 Å². The van der Waals surface area contributed by atoms with Crippen molar-refractivity contribution in [2.24, 2.45) is 0 Å². The fraction of sp³-hybridized carbons (Fsp3) is 0.929. The first-order chi connectivity index (χ1) is 9.96. The first-order valence-corrected chi connectivity index (χ1v) is 7.20. The van der Waals surface area contributed by atoms with E-state index in [1.54, 1.807) is 28.1 Å². The van der Waals surface area contributed by atoms with Crippen LogP contribution in [0.3, 0.4) is 0 Å². The summed E-state index contributed by atoms with van der Waals surface area (Å²) in [5.74, 6) is -0.294. The third kappa shape index (κ3) is 3.73. The van der Waals surface area contributed by atoms with Gasteiger partial charge in [0.05, 0.1) is 24.7 Å². The van der Waals surface area contributed by atoms with Gasteiger partial charge in [-0.1, -0.05) is 0 Å². The Morgan fingerprint density at radius 1 is 1.14 bits per heavy atom. The second-order valence-electron chi connectivity index (χ2n) is 5.55. The number of aliphatic hydroxyl groups is 1. The monoisotopic (exact) mass is 304 g/mol. The van der Waals surface area contributed by atoms with E-state index in [2.05, 4.69) is 0 Å². The number of methoxy groups -OCH3 is 2. The summed E-state index contributed by atoms with van der Waals surface area (Å²) < 4.78 is 27.4. The zero-order chi connectivity index (χ0) is 15.6. The molecule has 21 heavy (non-hydrogen) atoms. The Morgan fingerprint density at radius 3 is 2.43 bits per heavy atom. The SMILES string of the molecule is CO[C@H]1C[C@H](O[C@@H]2[C@@H](C)OC(=O)C[C@H]2OC)O[C@H](C)[C@H]1O.